The number of aromatic nitrogens is 2. The maximum Gasteiger partial charge on any atom is 0.0534 e. The molecule has 1 N–H and O–H groups in total. The van der Waals surface area contributed by atoms with Gasteiger partial charge in [0.1, 0.15) is 0 Å². The highest BCUT2D eigenvalue weighted by molar-refractivity contribution is 7.98. The fourth-order valence-corrected chi connectivity index (χ4v) is 1.43. The smallest absolute Gasteiger partial charge is 0.0534 e. The number of rotatable bonds is 6. The van der Waals surface area contributed by atoms with Gasteiger partial charge in [0.05, 0.1) is 6.20 Å². The van der Waals surface area contributed by atoms with Crippen molar-refractivity contribution in [3.05, 3.63) is 18.0 Å². The summed E-state index contributed by atoms with van der Waals surface area (Å²) >= 11 is 1.86. The molecule has 0 unspecified atom stereocenters. The van der Waals surface area contributed by atoms with E-state index in [0.29, 0.717) is 0 Å². The molecule has 1 aromatic rings. The highest BCUT2D eigenvalue weighted by atomic mass is 32.2. The summed E-state index contributed by atoms with van der Waals surface area (Å²) in [5.74, 6) is 1.17. The Balaban J connectivity index is 2.20. The molecule has 3 nitrogen and oxygen atoms in total. The first-order valence-corrected chi connectivity index (χ1v) is 5.97. The molecule has 0 bridgehead atoms. The van der Waals surface area contributed by atoms with Gasteiger partial charge in [-0.25, -0.2) is 0 Å². The van der Waals surface area contributed by atoms with E-state index in [1.54, 1.807) is 0 Å². The van der Waals surface area contributed by atoms with Crippen molar-refractivity contribution in [2.45, 2.75) is 20.0 Å². The van der Waals surface area contributed by atoms with E-state index >= 15 is 0 Å². The lowest BCUT2D eigenvalue weighted by Crippen LogP contribution is -2.15. The summed E-state index contributed by atoms with van der Waals surface area (Å²) in [7, 11) is 0. The molecule has 0 aliphatic heterocycles. The van der Waals surface area contributed by atoms with Crippen molar-refractivity contribution in [3.8, 4) is 0 Å². The van der Waals surface area contributed by atoms with Gasteiger partial charge in [-0.2, -0.15) is 16.9 Å². The Hall–Kier alpha value is -0.480. The van der Waals surface area contributed by atoms with E-state index in [1.807, 2.05) is 22.6 Å². The van der Waals surface area contributed by atoms with Crippen LogP contribution in [0.3, 0.4) is 0 Å². The highest BCUT2D eigenvalue weighted by Crippen LogP contribution is 1.97. The van der Waals surface area contributed by atoms with Gasteiger partial charge in [0, 0.05) is 37.1 Å². The third-order valence-corrected chi connectivity index (χ3v) is 2.44. The van der Waals surface area contributed by atoms with Gasteiger partial charge in [0.2, 0.25) is 0 Å². The lowest BCUT2D eigenvalue weighted by atomic mass is 10.3. The highest BCUT2D eigenvalue weighted by Gasteiger charge is 1.95. The number of hydrogen-bond donors (Lipinski definition) is 1. The van der Waals surface area contributed by atoms with Crippen molar-refractivity contribution in [1.82, 2.24) is 15.1 Å². The number of nitrogens with one attached hydrogen (secondary N) is 1. The summed E-state index contributed by atoms with van der Waals surface area (Å²) in [6.45, 7) is 5.04. The van der Waals surface area contributed by atoms with E-state index in [-0.39, 0.29) is 0 Å². The molecule has 0 aliphatic carbocycles. The van der Waals surface area contributed by atoms with E-state index in [2.05, 4.69) is 29.8 Å². The molecule has 1 aromatic heterocycles. The van der Waals surface area contributed by atoms with Crippen molar-refractivity contribution < 1.29 is 0 Å². The summed E-state index contributed by atoms with van der Waals surface area (Å²) in [5, 5.41) is 7.57. The van der Waals surface area contributed by atoms with Crippen LogP contribution in [0.2, 0.25) is 0 Å². The molecule has 0 aromatic carbocycles. The zero-order valence-corrected chi connectivity index (χ0v) is 9.10. The molecule has 1 rings (SSSR count). The Morgan fingerprint density at radius 1 is 1.62 bits per heavy atom. The predicted octanol–water partition coefficient (Wildman–Crippen LogP) is 1.36. The molecular weight excluding hydrogens is 182 g/mol. The van der Waals surface area contributed by atoms with Crippen LogP contribution < -0.4 is 5.32 Å². The van der Waals surface area contributed by atoms with E-state index in [1.165, 1.54) is 11.3 Å². The van der Waals surface area contributed by atoms with Crippen molar-refractivity contribution in [2.24, 2.45) is 0 Å². The van der Waals surface area contributed by atoms with Crippen LogP contribution in [0.4, 0.5) is 0 Å². The van der Waals surface area contributed by atoms with Crippen LogP contribution in [0.15, 0.2) is 12.4 Å². The van der Waals surface area contributed by atoms with E-state index in [0.717, 1.165) is 19.6 Å². The van der Waals surface area contributed by atoms with Gasteiger partial charge >= 0.3 is 0 Å². The minimum Gasteiger partial charge on any atom is -0.312 e. The molecule has 13 heavy (non-hydrogen) atoms. The van der Waals surface area contributed by atoms with Crippen LogP contribution in [0, 0.1) is 0 Å². The second-order valence-corrected chi connectivity index (χ2v) is 3.86. The summed E-state index contributed by atoms with van der Waals surface area (Å²) in [4.78, 5) is 0. The monoisotopic (exact) mass is 199 g/mol. The first-order chi connectivity index (χ1) is 6.36. The van der Waals surface area contributed by atoms with Crippen LogP contribution in [-0.2, 0) is 13.1 Å². The number of hydrogen-bond acceptors (Lipinski definition) is 3. The quantitative estimate of drug-likeness (QED) is 0.702. The molecule has 0 radical (unpaired) electrons. The molecule has 4 heteroatoms. The summed E-state index contributed by atoms with van der Waals surface area (Å²) < 4.78 is 1.95. The van der Waals surface area contributed by atoms with Gasteiger partial charge in [-0.15, -0.1) is 0 Å². The van der Waals surface area contributed by atoms with Crippen LogP contribution >= 0.6 is 11.8 Å². The Labute approximate surface area is 83.9 Å². The third kappa shape index (κ3) is 3.83. The molecule has 0 atom stereocenters. The van der Waals surface area contributed by atoms with Crippen LogP contribution in [-0.4, -0.2) is 28.3 Å². The Bertz CT molecular complexity index is 235. The molecule has 0 amide bonds. The zero-order chi connectivity index (χ0) is 9.52. The Morgan fingerprint density at radius 3 is 3.08 bits per heavy atom. The van der Waals surface area contributed by atoms with Gasteiger partial charge in [-0.3, -0.25) is 4.68 Å². The maximum absolute atomic E-state index is 4.21. The molecule has 1 heterocycles. The van der Waals surface area contributed by atoms with Gasteiger partial charge in [-0.05, 0) is 13.2 Å². The SMILES string of the molecule is CCn1cc(CNCCSC)cn1. The molecule has 74 valence electrons. The lowest BCUT2D eigenvalue weighted by molar-refractivity contribution is 0.657. The molecule has 0 aliphatic rings. The zero-order valence-electron chi connectivity index (χ0n) is 8.29. The van der Waals surface area contributed by atoms with Crippen LogP contribution in [0.5, 0.6) is 0 Å². The molecule has 0 saturated heterocycles. The minimum absolute atomic E-state index is 0.931. The fourth-order valence-electron chi connectivity index (χ4n) is 1.08. The first-order valence-electron chi connectivity index (χ1n) is 4.57. The molecule has 0 saturated carbocycles. The minimum atomic E-state index is 0.931. The standard InChI is InChI=1S/C9H17N3S/c1-3-12-8-9(7-11-12)6-10-4-5-13-2/h7-8,10H,3-6H2,1-2H3. The van der Waals surface area contributed by atoms with Gasteiger partial charge < -0.3 is 5.32 Å². The van der Waals surface area contributed by atoms with Crippen LogP contribution in [0.1, 0.15) is 12.5 Å². The number of nitrogens with zero attached hydrogens (tertiary/aromatic N) is 2. The first kappa shape index (κ1) is 10.6. The van der Waals surface area contributed by atoms with Crippen molar-refractivity contribution in [1.29, 1.82) is 0 Å². The average Bonchev–Trinajstić information content (AvgIpc) is 2.60. The van der Waals surface area contributed by atoms with Crippen molar-refractivity contribution >= 4 is 11.8 Å². The van der Waals surface area contributed by atoms with Gasteiger partial charge in [-0.1, -0.05) is 0 Å². The van der Waals surface area contributed by atoms with Gasteiger partial charge in [0.15, 0.2) is 0 Å². The maximum atomic E-state index is 4.21. The molecule has 0 spiro atoms. The third-order valence-electron chi connectivity index (χ3n) is 1.82. The van der Waals surface area contributed by atoms with E-state index in [9.17, 15) is 0 Å². The molecule has 0 fully saturated rings. The second kappa shape index (κ2) is 6.05. The van der Waals surface area contributed by atoms with Crippen molar-refractivity contribution in [2.75, 3.05) is 18.6 Å². The molecular formula is C9H17N3S. The summed E-state index contributed by atoms with van der Waals surface area (Å²) in [5.41, 5.74) is 1.27. The average molecular weight is 199 g/mol. The number of aryl methyl sites for hydroxylation is 1. The van der Waals surface area contributed by atoms with E-state index < -0.39 is 0 Å². The predicted molar refractivity (Wildman–Crippen MR) is 58.0 cm³/mol. The van der Waals surface area contributed by atoms with Gasteiger partial charge in [0.25, 0.3) is 0 Å². The van der Waals surface area contributed by atoms with Crippen LogP contribution in [0.25, 0.3) is 0 Å². The Morgan fingerprint density at radius 2 is 2.46 bits per heavy atom. The van der Waals surface area contributed by atoms with Crippen molar-refractivity contribution in [3.63, 3.8) is 0 Å². The summed E-state index contributed by atoms with van der Waals surface area (Å²) in [6.07, 6.45) is 6.14. The fraction of sp³-hybridized carbons (Fsp3) is 0.667. The lowest BCUT2D eigenvalue weighted by Gasteiger charge is -1.99. The summed E-state index contributed by atoms with van der Waals surface area (Å²) in [6, 6.07) is 0. The van der Waals surface area contributed by atoms with E-state index in [4.69, 9.17) is 0 Å². The second-order valence-electron chi connectivity index (χ2n) is 2.87. The largest absolute Gasteiger partial charge is 0.312 e. The number of thioether (sulfide) groups is 1. The normalized spacial score (nSPS) is 10.6. The Kier molecular flexibility index (Phi) is 4.93. The topological polar surface area (TPSA) is 29.9 Å².